The van der Waals surface area contributed by atoms with E-state index in [1.54, 1.807) is 0 Å². The number of carbonyl (C=O) groups is 1. The second-order valence-electron chi connectivity index (χ2n) is 6.97. The molecule has 0 saturated carbocycles. The van der Waals surface area contributed by atoms with Crippen molar-refractivity contribution in [2.75, 3.05) is 18.1 Å². The first-order valence-electron chi connectivity index (χ1n) is 9.01. The van der Waals surface area contributed by atoms with Crippen molar-refractivity contribution in [1.82, 2.24) is 10.3 Å². The lowest BCUT2D eigenvalue weighted by Crippen LogP contribution is -2.26. The van der Waals surface area contributed by atoms with Crippen molar-refractivity contribution < 1.29 is 13.2 Å². The van der Waals surface area contributed by atoms with Crippen molar-refractivity contribution in [1.29, 1.82) is 0 Å². The zero-order valence-electron chi connectivity index (χ0n) is 14.7. The summed E-state index contributed by atoms with van der Waals surface area (Å²) in [5.74, 6) is 0.723. The van der Waals surface area contributed by atoms with Gasteiger partial charge in [-0.2, -0.15) is 0 Å². The Kier molecular flexibility index (Phi) is 5.76. The Bertz CT molecular complexity index is 949. The van der Waals surface area contributed by atoms with Crippen LogP contribution in [0.25, 0.3) is 10.9 Å². The third-order valence-corrected chi connectivity index (χ3v) is 6.73. The molecule has 2 heterocycles. The second-order valence-corrected chi connectivity index (χ2v) is 9.20. The Morgan fingerprint density at radius 3 is 2.85 bits per heavy atom. The van der Waals surface area contributed by atoms with E-state index >= 15 is 0 Å². The second kappa shape index (κ2) is 8.03. The number of para-hydroxylation sites is 1. The van der Waals surface area contributed by atoms with Gasteiger partial charge >= 0.3 is 0 Å². The highest BCUT2D eigenvalue weighted by atomic mass is 32.2. The van der Waals surface area contributed by atoms with Gasteiger partial charge in [0.25, 0.3) is 5.56 Å². The number of H-pyrrole nitrogens is 1. The molecule has 1 aliphatic heterocycles. The highest BCUT2D eigenvalue weighted by molar-refractivity contribution is 7.91. The van der Waals surface area contributed by atoms with Gasteiger partial charge in [-0.15, -0.1) is 0 Å². The first kappa shape index (κ1) is 18.6. The fourth-order valence-electron chi connectivity index (χ4n) is 3.43. The lowest BCUT2D eigenvalue weighted by molar-refractivity contribution is -0.121. The van der Waals surface area contributed by atoms with Gasteiger partial charge in [-0.25, -0.2) is 8.42 Å². The van der Waals surface area contributed by atoms with Gasteiger partial charge in [0, 0.05) is 24.0 Å². The molecule has 1 aliphatic rings. The van der Waals surface area contributed by atoms with E-state index in [4.69, 9.17) is 0 Å². The molecule has 0 spiro atoms. The minimum Gasteiger partial charge on any atom is -0.356 e. The number of hydrogen-bond acceptors (Lipinski definition) is 4. The maximum absolute atomic E-state index is 12.1. The number of rotatable bonds is 7. The van der Waals surface area contributed by atoms with Crippen LogP contribution in [0.1, 0.15) is 31.2 Å². The number of aryl methyl sites for hydroxylation is 1. The van der Waals surface area contributed by atoms with Crippen LogP contribution in [0.3, 0.4) is 0 Å². The maximum atomic E-state index is 12.1. The molecule has 0 aliphatic carbocycles. The van der Waals surface area contributed by atoms with Gasteiger partial charge in [0.2, 0.25) is 5.91 Å². The topological polar surface area (TPSA) is 96.1 Å². The van der Waals surface area contributed by atoms with E-state index in [9.17, 15) is 18.0 Å². The Morgan fingerprint density at radius 2 is 2.08 bits per heavy atom. The van der Waals surface area contributed by atoms with Crippen LogP contribution in [0.15, 0.2) is 35.1 Å². The van der Waals surface area contributed by atoms with Gasteiger partial charge < -0.3 is 10.3 Å². The zero-order chi connectivity index (χ0) is 18.6. The van der Waals surface area contributed by atoms with Crippen LogP contribution < -0.4 is 10.9 Å². The summed E-state index contributed by atoms with van der Waals surface area (Å²) in [6.45, 7) is 0.545. The minimum absolute atomic E-state index is 0.0865. The van der Waals surface area contributed by atoms with E-state index in [0.29, 0.717) is 24.3 Å². The predicted octanol–water partition coefficient (Wildman–Crippen LogP) is 1.79. The molecular formula is C19H24N2O4S. The fourth-order valence-corrected chi connectivity index (χ4v) is 5.34. The summed E-state index contributed by atoms with van der Waals surface area (Å²) in [6.07, 6.45) is 3.00. The number of fused-ring (bicyclic) bond motifs is 1. The molecule has 1 amide bonds. The molecule has 2 N–H and O–H groups in total. The fraction of sp³-hybridized carbons (Fsp3) is 0.474. The molecule has 1 fully saturated rings. The van der Waals surface area contributed by atoms with Gasteiger partial charge in [-0.3, -0.25) is 9.59 Å². The number of carbonyl (C=O) groups excluding carboxylic acids is 1. The Labute approximate surface area is 152 Å². The summed E-state index contributed by atoms with van der Waals surface area (Å²) in [7, 11) is -2.83. The van der Waals surface area contributed by atoms with E-state index in [-0.39, 0.29) is 29.6 Å². The molecule has 7 heteroatoms. The SMILES string of the molecule is O=C(CCc1cc2ccccc2[nH]c1=O)NCCCC1CCS(=O)(=O)C1. The van der Waals surface area contributed by atoms with E-state index in [2.05, 4.69) is 10.3 Å². The number of amides is 1. The summed E-state index contributed by atoms with van der Waals surface area (Å²) < 4.78 is 22.8. The first-order valence-corrected chi connectivity index (χ1v) is 10.8. The average molecular weight is 376 g/mol. The molecule has 3 rings (SSSR count). The van der Waals surface area contributed by atoms with E-state index in [0.717, 1.165) is 30.2 Å². The van der Waals surface area contributed by atoms with Gasteiger partial charge in [-0.05, 0) is 49.1 Å². The molecule has 1 aromatic carbocycles. The van der Waals surface area contributed by atoms with Crippen LogP contribution in [-0.4, -0.2) is 37.4 Å². The zero-order valence-corrected chi connectivity index (χ0v) is 15.5. The minimum atomic E-state index is -2.83. The molecule has 6 nitrogen and oxygen atoms in total. The van der Waals surface area contributed by atoms with Crippen LogP contribution in [0.5, 0.6) is 0 Å². The van der Waals surface area contributed by atoms with Crippen LogP contribution in [0.2, 0.25) is 0 Å². The molecule has 140 valence electrons. The van der Waals surface area contributed by atoms with Crippen molar-refractivity contribution in [2.45, 2.75) is 32.1 Å². The quantitative estimate of drug-likeness (QED) is 0.720. The van der Waals surface area contributed by atoms with Crippen molar-refractivity contribution >= 4 is 26.6 Å². The molecule has 0 bridgehead atoms. The number of aromatic nitrogens is 1. The van der Waals surface area contributed by atoms with Crippen molar-refractivity contribution in [3.05, 3.63) is 46.2 Å². The normalized spacial score (nSPS) is 18.8. The smallest absolute Gasteiger partial charge is 0.251 e. The van der Waals surface area contributed by atoms with E-state index in [1.165, 1.54) is 0 Å². The van der Waals surface area contributed by atoms with Gasteiger partial charge in [0.1, 0.15) is 0 Å². The molecular weight excluding hydrogens is 352 g/mol. The van der Waals surface area contributed by atoms with Crippen LogP contribution in [0, 0.1) is 5.92 Å². The number of sulfone groups is 1. The van der Waals surface area contributed by atoms with Gasteiger partial charge in [0.05, 0.1) is 11.5 Å². The van der Waals surface area contributed by atoms with Crippen molar-refractivity contribution in [3.63, 3.8) is 0 Å². The largest absolute Gasteiger partial charge is 0.356 e. The van der Waals surface area contributed by atoms with Gasteiger partial charge in [-0.1, -0.05) is 18.2 Å². The number of aromatic amines is 1. The summed E-state index contributed by atoms with van der Waals surface area (Å²) in [5, 5.41) is 3.81. The average Bonchev–Trinajstić information content (AvgIpc) is 2.95. The Morgan fingerprint density at radius 1 is 1.27 bits per heavy atom. The summed E-state index contributed by atoms with van der Waals surface area (Å²) in [5.41, 5.74) is 1.24. The number of pyridine rings is 1. The number of nitrogens with one attached hydrogen (secondary N) is 2. The highest BCUT2D eigenvalue weighted by Crippen LogP contribution is 2.22. The number of benzene rings is 1. The van der Waals surface area contributed by atoms with Crippen molar-refractivity contribution in [3.8, 4) is 0 Å². The maximum Gasteiger partial charge on any atom is 0.251 e. The van der Waals surface area contributed by atoms with E-state index in [1.807, 2.05) is 30.3 Å². The molecule has 26 heavy (non-hydrogen) atoms. The van der Waals surface area contributed by atoms with E-state index < -0.39 is 9.84 Å². The molecule has 0 radical (unpaired) electrons. The van der Waals surface area contributed by atoms with Crippen LogP contribution in [0.4, 0.5) is 0 Å². The third-order valence-electron chi connectivity index (χ3n) is 4.89. The lowest BCUT2D eigenvalue weighted by atomic mass is 10.0. The molecule has 1 atom stereocenters. The first-order chi connectivity index (χ1) is 12.4. The standard InChI is InChI=1S/C19H24N2O4S/c22-18(20-10-3-4-14-9-11-26(24,25)13-14)8-7-16-12-15-5-1-2-6-17(15)21-19(16)23/h1-2,5-6,12,14H,3-4,7-11,13H2,(H,20,22)(H,21,23). The molecule has 2 aromatic rings. The monoisotopic (exact) mass is 376 g/mol. The number of hydrogen-bond donors (Lipinski definition) is 2. The van der Waals surface area contributed by atoms with Gasteiger partial charge in [0.15, 0.2) is 9.84 Å². The lowest BCUT2D eigenvalue weighted by Gasteiger charge is -2.08. The summed E-state index contributed by atoms with van der Waals surface area (Å²) in [4.78, 5) is 26.9. The molecule has 1 aromatic heterocycles. The third kappa shape index (κ3) is 4.94. The summed E-state index contributed by atoms with van der Waals surface area (Å²) >= 11 is 0. The molecule has 1 unspecified atom stereocenters. The predicted molar refractivity (Wildman–Crippen MR) is 102 cm³/mol. The Balaban J connectivity index is 1.42. The molecule has 1 saturated heterocycles. The highest BCUT2D eigenvalue weighted by Gasteiger charge is 2.27. The van der Waals surface area contributed by atoms with Crippen LogP contribution in [-0.2, 0) is 21.1 Å². The van der Waals surface area contributed by atoms with Crippen molar-refractivity contribution in [2.24, 2.45) is 5.92 Å². The Hall–Kier alpha value is -2.15. The van der Waals surface area contributed by atoms with Crippen LogP contribution >= 0.6 is 0 Å². The summed E-state index contributed by atoms with van der Waals surface area (Å²) in [6, 6.07) is 9.39.